The number of nitrogens with one attached hydrogen (secondary N) is 3. The molecule has 0 saturated heterocycles. The number of hydrogen-bond donors (Lipinski definition) is 3. The molecule has 11 nitrogen and oxygen atoms in total. The first-order valence-electron chi connectivity index (χ1n) is 12.4. The predicted molar refractivity (Wildman–Crippen MR) is 151 cm³/mol. The van der Waals surface area contributed by atoms with Gasteiger partial charge in [0.15, 0.2) is 17.3 Å². The van der Waals surface area contributed by atoms with E-state index in [-0.39, 0.29) is 22.9 Å². The molecule has 2 aromatic heterocycles. The molecule has 1 aliphatic rings. The minimum atomic E-state index is -0.929. The number of amides is 1. The van der Waals surface area contributed by atoms with Crippen molar-refractivity contribution in [2.24, 2.45) is 14.1 Å². The van der Waals surface area contributed by atoms with E-state index in [1.807, 2.05) is 7.05 Å². The van der Waals surface area contributed by atoms with E-state index in [1.54, 1.807) is 29.4 Å². The highest BCUT2D eigenvalue weighted by molar-refractivity contribution is 6.03. The molecule has 0 spiro atoms. The number of carbonyl (C=O) groups excluding carboxylic acids is 1. The van der Waals surface area contributed by atoms with Crippen LogP contribution in [0.2, 0.25) is 0 Å². The van der Waals surface area contributed by atoms with Crippen molar-refractivity contribution in [1.29, 1.82) is 5.41 Å². The summed E-state index contributed by atoms with van der Waals surface area (Å²) in [5, 5.41) is 12.9. The number of dihydropyridines is 1. The van der Waals surface area contributed by atoms with Gasteiger partial charge in [0.05, 0.1) is 23.4 Å². The number of benzene rings is 2. The van der Waals surface area contributed by atoms with Gasteiger partial charge in [0.25, 0.3) is 11.5 Å². The van der Waals surface area contributed by atoms with Crippen molar-refractivity contribution in [3.8, 4) is 11.4 Å². The van der Waals surface area contributed by atoms with Crippen LogP contribution < -0.4 is 26.6 Å². The van der Waals surface area contributed by atoms with Crippen molar-refractivity contribution in [3.63, 3.8) is 0 Å². The molecule has 212 valence electrons. The lowest BCUT2D eigenvalue weighted by molar-refractivity contribution is 0.102. The zero-order valence-corrected chi connectivity index (χ0v) is 22.3. The summed E-state index contributed by atoms with van der Waals surface area (Å²) in [6.45, 7) is 0. The third-order valence-corrected chi connectivity index (χ3v) is 6.17. The van der Waals surface area contributed by atoms with Gasteiger partial charge in [-0.2, -0.15) is 0 Å². The second-order valence-corrected chi connectivity index (χ2v) is 9.18. The van der Waals surface area contributed by atoms with Crippen LogP contribution in [-0.4, -0.2) is 30.8 Å². The Morgan fingerprint density at radius 3 is 2.52 bits per heavy atom. The molecule has 0 atom stereocenters. The Morgan fingerprint density at radius 1 is 1.10 bits per heavy atom. The Kier molecular flexibility index (Phi) is 7.47. The van der Waals surface area contributed by atoms with Crippen molar-refractivity contribution in [1.82, 2.24) is 24.0 Å². The van der Waals surface area contributed by atoms with E-state index in [9.17, 15) is 18.8 Å². The number of aromatic nitrogens is 4. The van der Waals surface area contributed by atoms with Crippen molar-refractivity contribution >= 4 is 23.4 Å². The molecule has 3 heterocycles. The van der Waals surface area contributed by atoms with Crippen LogP contribution in [0.4, 0.5) is 14.5 Å². The molecule has 0 bridgehead atoms. The highest BCUT2D eigenvalue weighted by Crippen LogP contribution is 2.28. The van der Waals surface area contributed by atoms with E-state index in [4.69, 9.17) is 10.1 Å². The first kappa shape index (κ1) is 27.7. The Labute approximate surface area is 236 Å². The van der Waals surface area contributed by atoms with Gasteiger partial charge in [-0.15, -0.1) is 0 Å². The number of hydrogen-bond acceptors (Lipinski definition) is 7. The molecular weight excluding hydrogens is 548 g/mol. The summed E-state index contributed by atoms with van der Waals surface area (Å²) in [5.41, 5.74) is -0.235. The number of carbonyl (C=O) groups is 1. The Bertz CT molecular complexity index is 1930. The van der Waals surface area contributed by atoms with Gasteiger partial charge in [-0.3, -0.25) is 9.59 Å². The fourth-order valence-corrected chi connectivity index (χ4v) is 4.12. The fourth-order valence-electron chi connectivity index (χ4n) is 4.12. The van der Waals surface area contributed by atoms with Crippen LogP contribution in [-0.2, 0) is 14.1 Å². The maximum Gasteiger partial charge on any atom is 0.335 e. The maximum absolute atomic E-state index is 15.1. The van der Waals surface area contributed by atoms with Crippen molar-refractivity contribution in [2.45, 2.75) is 0 Å². The maximum atomic E-state index is 15.1. The van der Waals surface area contributed by atoms with Gasteiger partial charge in [0, 0.05) is 56.2 Å². The van der Waals surface area contributed by atoms with Gasteiger partial charge >= 0.3 is 5.69 Å². The number of allylic oxidation sites excluding steroid dienone is 3. The van der Waals surface area contributed by atoms with Crippen LogP contribution in [0, 0.1) is 17.0 Å². The second kappa shape index (κ2) is 11.3. The molecule has 0 unspecified atom stereocenters. The fraction of sp³-hybridized carbons (Fsp3) is 0.0690. The van der Waals surface area contributed by atoms with Crippen LogP contribution >= 0.6 is 0 Å². The smallest absolute Gasteiger partial charge is 0.335 e. The lowest BCUT2D eigenvalue weighted by atomic mass is 10.1. The highest BCUT2D eigenvalue weighted by atomic mass is 19.1. The average molecular weight is 572 g/mol. The molecule has 42 heavy (non-hydrogen) atoms. The van der Waals surface area contributed by atoms with E-state index in [2.05, 4.69) is 15.6 Å². The summed E-state index contributed by atoms with van der Waals surface area (Å²) in [6, 6.07) is 8.33. The molecule has 0 aliphatic carbocycles. The third-order valence-electron chi connectivity index (χ3n) is 6.17. The van der Waals surface area contributed by atoms with Crippen molar-refractivity contribution in [2.75, 3.05) is 5.32 Å². The van der Waals surface area contributed by atoms with Gasteiger partial charge in [-0.1, -0.05) is 0 Å². The molecule has 5 rings (SSSR count). The molecule has 13 heteroatoms. The molecule has 3 N–H and O–H groups in total. The zero-order chi connectivity index (χ0) is 30.0. The van der Waals surface area contributed by atoms with Crippen molar-refractivity contribution < 1.29 is 18.3 Å². The summed E-state index contributed by atoms with van der Waals surface area (Å²) < 4.78 is 37.9. The van der Waals surface area contributed by atoms with E-state index in [1.165, 1.54) is 37.4 Å². The summed E-state index contributed by atoms with van der Waals surface area (Å²) in [5.74, 6) is -2.21. The minimum Gasteiger partial charge on any atom is -0.452 e. The van der Waals surface area contributed by atoms with Crippen LogP contribution in [0.25, 0.3) is 11.3 Å². The molecule has 1 aliphatic heterocycles. The van der Waals surface area contributed by atoms with E-state index < -0.39 is 34.4 Å². The molecule has 0 saturated carbocycles. The summed E-state index contributed by atoms with van der Waals surface area (Å²) >= 11 is 0. The summed E-state index contributed by atoms with van der Waals surface area (Å²) in [7, 11) is 3.18. The summed E-state index contributed by atoms with van der Waals surface area (Å²) in [6.07, 6.45) is 10.3. The number of anilines is 1. The molecular formula is C29H23F2N7O4. The molecule has 0 fully saturated rings. The normalized spacial score (nSPS) is 13.7. The van der Waals surface area contributed by atoms with Gasteiger partial charge in [0.2, 0.25) is 0 Å². The minimum absolute atomic E-state index is 0.0199. The number of nitrogens with zero attached hydrogens (tertiary/aromatic N) is 4. The number of aryl methyl sites for hydroxylation is 2. The lowest BCUT2D eigenvalue weighted by Crippen LogP contribution is -2.41. The molecule has 2 aromatic carbocycles. The average Bonchev–Trinajstić information content (AvgIpc) is 3.40. The first-order valence-corrected chi connectivity index (χ1v) is 12.4. The third kappa shape index (κ3) is 5.56. The molecule has 1 amide bonds. The Balaban J connectivity index is 1.40. The van der Waals surface area contributed by atoms with E-state index in [0.717, 1.165) is 39.7 Å². The van der Waals surface area contributed by atoms with Crippen LogP contribution in [0.5, 0.6) is 5.75 Å². The zero-order valence-electron chi connectivity index (χ0n) is 22.3. The second-order valence-electron chi connectivity index (χ2n) is 9.18. The monoisotopic (exact) mass is 571 g/mol. The van der Waals surface area contributed by atoms with Crippen LogP contribution in [0.1, 0.15) is 16.1 Å². The topological polar surface area (TPSA) is 136 Å². The Morgan fingerprint density at radius 2 is 1.86 bits per heavy atom. The Hall–Kier alpha value is -5.85. The quantitative estimate of drug-likeness (QED) is 0.292. The van der Waals surface area contributed by atoms with Crippen molar-refractivity contribution in [3.05, 3.63) is 135 Å². The van der Waals surface area contributed by atoms with Crippen LogP contribution in [0.15, 0.2) is 101 Å². The lowest BCUT2D eigenvalue weighted by Gasteiger charge is -2.19. The standard InChI is InChI=1S/C29H23F2N7O4/c1-36-15-24(34-16-36)17-11-26(23(9-10-32)33-13-17)42-25-8-5-19(12-22(25)31)35-27(39)21-14-37(2)29(41)38(28(21)40)20-6-3-18(30)4-7-20/h3-16,32-33H,1-2H3,(H,35,39)/b23-9-,32-10?. The first-order chi connectivity index (χ1) is 20.1. The SMILES string of the molecule is Cn1cnc(C2=CN/C(=C\C=N)C(Oc3ccc(NC(=O)c4cn(C)c(=O)n(-c5ccc(F)cc5)c4=O)cc3F)=C2)c1. The molecule has 4 aromatic rings. The predicted octanol–water partition coefficient (Wildman–Crippen LogP) is 3.24. The largest absolute Gasteiger partial charge is 0.452 e. The van der Waals surface area contributed by atoms with Gasteiger partial charge in [-0.25, -0.2) is 23.1 Å². The van der Waals surface area contributed by atoms with Gasteiger partial charge < -0.3 is 29.9 Å². The molecule has 0 radical (unpaired) electrons. The van der Waals surface area contributed by atoms with E-state index in [0.29, 0.717) is 17.0 Å². The number of rotatable bonds is 7. The van der Waals surface area contributed by atoms with Gasteiger partial charge in [-0.05, 0) is 48.6 Å². The number of imidazole rings is 1. The number of ether oxygens (including phenoxy) is 1. The summed E-state index contributed by atoms with van der Waals surface area (Å²) in [4.78, 5) is 43.0. The van der Waals surface area contributed by atoms with E-state index >= 15 is 4.39 Å². The number of halogens is 2. The highest BCUT2D eigenvalue weighted by Gasteiger charge is 2.20. The van der Waals surface area contributed by atoms with Gasteiger partial charge in [0.1, 0.15) is 11.4 Å². The van der Waals surface area contributed by atoms with Crippen LogP contribution in [0.3, 0.4) is 0 Å².